The Labute approximate surface area is 220 Å². The molecule has 0 aliphatic heterocycles. The standard InChI is InChI=1S/C28H29F3N4O2S/c1-2-3-5-8-20-11-14-23(15-12-20)38(36,37)33-18-17-24-26(22-13-16-25(32-19-22)28(29,30)31)35-27(34-24)21-9-6-4-7-10-21/h4,6-7,9-16,19,33H,2-3,5,8,17-18H2,1H3,(H,34,35). The smallest absolute Gasteiger partial charge is 0.341 e. The number of unbranched alkanes of at least 4 members (excludes halogenated alkanes) is 2. The number of pyridine rings is 1. The summed E-state index contributed by atoms with van der Waals surface area (Å²) in [6.07, 6.45) is 1.05. The van der Waals surface area contributed by atoms with Gasteiger partial charge in [0.1, 0.15) is 11.5 Å². The van der Waals surface area contributed by atoms with E-state index in [4.69, 9.17) is 0 Å². The largest absolute Gasteiger partial charge is 0.433 e. The third-order valence-electron chi connectivity index (χ3n) is 6.12. The third-order valence-corrected chi connectivity index (χ3v) is 7.60. The molecule has 0 spiro atoms. The highest BCUT2D eigenvalue weighted by molar-refractivity contribution is 7.89. The van der Waals surface area contributed by atoms with Gasteiger partial charge in [-0.1, -0.05) is 62.2 Å². The molecular formula is C28H29F3N4O2S. The van der Waals surface area contributed by atoms with Crippen LogP contribution in [0.4, 0.5) is 13.2 Å². The zero-order valence-electron chi connectivity index (χ0n) is 20.9. The molecule has 2 aromatic heterocycles. The minimum atomic E-state index is -4.55. The summed E-state index contributed by atoms with van der Waals surface area (Å²) in [4.78, 5) is 11.5. The highest BCUT2D eigenvalue weighted by atomic mass is 32.2. The summed E-state index contributed by atoms with van der Waals surface area (Å²) in [7, 11) is -3.74. The first-order chi connectivity index (χ1) is 18.2. The van der Waals surface area contributed by atoms with Gasteiger partial charge in [0.15, 0.2) is 0 Å². The second-order valence-corrected chi connectivity index (χ2v) is 10.7. The number of benzene rings is 2. The number of hydrogen-bond donors (Lipinski definition) is 2. The number of alkyl halides is 3. The van der Waals surface area contributed by atoms with E-state index in [2.05, 4.69) is 26.6 Å². The van der Waals surface area contributed by atoms with Crippen LogP contribution < -0.4 is 4.72 Å². The third kappa shape index (κ3) is 6.87. The predicted octanol–water partition coefficient (Wildman–Crippen LogP) is 6.41. The average molecular weight is 543 g/mol. The van der Waals surface area contributed by atoms with Crippen molar-refractivity contribution in [1.82, 2.24) is 19.7 Å². The molecule has 0 saturated heterocycles. The molecule has 6 nitrogen and oxygen atoms in total. The van der Waals surface area contributed by atoms with Crippen molar-refractivity contribution >= 4 is 10.0 Å². The first kappa shape index (κ1) is 27.5. The van der Waals surface area contributed by atoms with Crippen LogP contribution in [0.15, 0.2) is 77.8 Å². The van der Waals surface area contributed by atoms with Gasteiger partial charge in [-0.25, -0.2) is 18.1 Å². The van der Waals surface area contributed by atoms with Crippen molar-refractivity contribution in [3.8, 4) is 22.6 Å². The summed E-state index contributed by atoms with van der Waals surface area (Å²) < 4.78 is 67.3. The molecule has 0 radical (unpaired) electrons. The molecule has 0 fully saturated rings. The Morgan fingerprint density at radius 1 is 0.895 bits per heavy atom. The van der Waals surface area contributed by atoms with Crippen molar-refractivity contribution < 1.29 is 21.6 Å². The Hall–Kier alpha value is -3.50. The first-order valence-electron chi connectivity index (χ1n) is 12.4. The monoisotopic (exact) mass is 542 g/mol. The molecule has 0 bridgehead atoms. The molecule has 4 aromatic rings. The Bertz CT molecular complexity index is 1430. The number of nitrogens with zero attached hydrogens (tertiary/aromatic N) is 2. The Morgan fingerprint density at radius 3 is 2.26 bits per heavy atom. The number of halogens is 3. The molecule has 38 heavy (non-hydrogen) atoms. The number of H-pyrrole nitrogens is 1. The summed E-state index contributed by atoms with van der Waals surface area (Å²) in [6, 6.07) is 18.4. The van der Waals surface area contributed by atoms with Crippen molar-refractivity contribution in [2.24, 2.45) is 0 Å². The van der Waals surface area contributed by atoms with Gasteiger partial charge in [-0.3, -0.25) is 4.98 Å². The molecule has 0 unspecified atom stereocenters. The normalized spacial score (nSPS) is 12.1. The lowest BCUT2D eigenvalue weighted by molar-refractivity contribution is -0.141. The fourth-order valence-corrected chi connectivity index (χ4v) is 5.10. The molecule has 2 heterocycles. The van der Waals surface area contributed by atoms with Crippen molar-refractivity contribution in [2.75, 3.05) is 6.54 Å². The lowest BCUT2D eigenvalue weighted by Gasteiger charge is -2.09. The minimum absolute atomic E-state index is 0.0675. The second-order valence-electron chi connectivity index (χ2n) is 8.96. The van der Waals surface area contributed by atoms with Gasteiger partial charge < -0.3 is 4.98 Å². The van der Waals surface area contributed by atoms with Crippen molar-refractivity contribution in [3.63, 3.8) is 0 Å². The van der Waals surface area contributed by atoms with Gasteiger partial charge in [0.25, 0.3) is 0 Å². The summed E-state index contributed by atoms with van der Waals surface area (Å²) in [5.74, 6) is 0.525. The number of sulfonamides is 1. The Morgan fingerprint density at radius 2 is 1.63 bits per heavy atom. The van der Waals surface area contributed by atoms with Crippen LogP contribution in [-0.2, 0) is 29.0 Å². The van der Waals surface area contributed by atoms with Crippen LogP contribution in [-0.4, -0.2) is 29.9 Å². The van der Waals surface area contributed by atoms with Gasteiger partial charge in [0, 0.05) is 36.0 Å². The number of nitrogens with one attached hydrogen (secondary N) is 2. The van der Waals surface area contributed by atoms with Crippen molar-refractivity contribution in [3.05, 3.63) is 89.9 Å². The van der Waals surface area contributed by atoms with E-state index in [1.54, 1.807) is 12.1 Å². The fraction of sp³-hybridized carbons (Fsp3) is 0.286. The maximum atomic E-state index is 13.0. The predicted molar refractivity (Wildman–Crippen MR) is 141 cm³/mol. The SMILES string of the molecule is CCCCCc1ccc(S(=O)(=O)NCCc2[nH]c(-c3ccccc3)nc2-c2ccc(C(F)(F)F)nc2)cc1. The van der Waals surface area contributed by atoms with Gasteiger partial charge in [0.2, 0.25) is 10.0 Å². The van der Waals surface area contributed by atoms with Crippen LogP contribution in [0.2, 0.25) is 0 Å². The van der Waals surface area contributed by atoms with Gasteiger partial charge >= 0.3 is 6.18 Å². The summed E-state index contributed by atoms with van der Waals surface area (Å²) in [6.45, 7) is 2.20. The second kappa shape index (κ2) is 11.9. The molecule has 0 aliphatic rings. The summed E-state index contributed by atoms with van der Waals surface area (Å²) in [5.41, 5.74) is 2.29. The number of hydrogen-bond acceptors (Lipinski definition) is 4. The Kier molecular flexibility index (Phi) is 8.63. The molecule has 10 heteroatoms. The highest BCUT2D eigenvalue weighted by Crippen LogP contribution is 2.30. The molecule has 4 rings (SSSR count). The fourth-order valence-electron chi connectivity index (χ4n) is 4.07. The number of aryl methyl sites for hydroxylation is 1. The number of imidazole rings is 1. The zero-order chi connectivity index (χ0) is 27.2. The number of aromatic nitrogens is 3. The molecule has 2 N–H and O–H groups in total. The maximum Gasteiger partial charge on any atom is 0.433 e. The van der Waals surface area contributed by atoms with Crippen LogP contribution in [0.3, 0.4) is 0 Å². The van der Waals surface area contributed by atoms with Gasteiger partial charge in [-0.05, 0) is 42.7 Å². The quantitative estimate of drug-likeness (QED) is 0.214. The van der Waals surface area contributed by atoms with E-state index in [0.717, 1.165) is 49.1 Å². The molecule has 0 amide bonds. The van der Waals surface area contributed by atoms with Crippen LogP contribution in [0.5, 0.6) is 0 Å². The van der Waals surface area contributed by atoms with Crippen molar-refractivity contribution in [1.29, 1.82) is 0 Å². The van der Waals surface area contributed by atoms with Crippen molar-refractivity contribution in [2.45, 2.75) is 50.1 Å². The van der Waals surface area contributed by atoms with E-state index in [-0.39, 0.29) is 17.9 Å². The van der Waals surface area contributed by atoms with E-state index < -0.39 is 21.9 Å². The lowest BCUT2D eigenvalue weighted by atomic mass is 10.1. The number of rotatable bonds is 11. The Balaban J connectivity index is 1.51. The van der Waals surface area contributed by atoms with E-state index >= 15 is 0 Å². The average Bonchev–Trinajstić information content (AvgIpc) is 3.33. The van der Waals surface area contributed by atoms with E-state index in [1.807, 2.05) is 42.5 Å². The molecule has 0 atom stereocenters. The summed E-state index contributed by atoms with van der Waals surface area (Å²) >= 11 is 0. The van der Waals surface area contributed by atoms with E-state index in [9.17, 15) is 21.6 Å². The topological polar surface area (TPSA) is 87.7 Å². The van der Waals surface area contributed by atoms with Gasteiger partial charge in [-0.2, -0.15) is 13.2 Å². The molecule has 0 aliphatic carbocycles. The van der Waals surface area contributed by atoms with Crippen LogP contribution >= 0.6 is 0 Å². The summed E-state index contributed by atoms with van der Waals surface area (Å²) in [5, 5.41) is 0. The number of aromatic amines is 1. The van der Waals surface area contributed by atoms with Crippen LogP contribution in [0.25, 0.3) is 22.6 Å². The highest BCUT2D eigenvalue weighted by Gasteiger charge is 2.32. The van der Waals surface area contributed by atoms with Gasteiger partial charge in [0.05, 0.1) is 10.6 Å². The zero-order valence-corrected chi connectivity index (χ0v) is 21.7. The maximum absolute atomic E-state index is 13.0. The van der Waals surface area contributed by atoms with Gasteiger partial charge in [-0.15, -0.1) is 0 Å². The minimum Gasteiger partial charge on any atom is -0.341 e. The van der Waals surface area contributed by atoms with Crippen LogP contribution in [0, 0.1) is 0 Å². The van der Waals surface area contributed by atoms with E-state index in [1.165, 1.54) is 6.07 Å². The van der Waals surface area contributed by atoms with Crippen LogP contribution in [0.1, 0.15) is 43.1 Å². The van der Waals surface area contributed by atoms with E-state index in [0.29, 0.717) is 22.8 Å². The molecular weight excluding hydrogens is 513 g/mol. The molecule has 0 saturated carbocycles. The first-order valence-corrected chi connectivity index (χ1v) is 13.9. The molecule has 200 valence electrons. The lowest BCUT2D eigenvalue weighted by Crippen LogP contribution is -2.26. The molecule has 2 aromatic carbocycles.